The summed E-state index contributed by atoms with van der Waals surface area (Å²) in [5, 5.41) is 0. The molecule has 1 aliphatic heterocycles. The van der Waals surface area contributed by atoms with Gasteiger partial charge < -0.3 is 14.5 Å². The number of benzene rings is 1. The van der Waals surface area contributed by atoms with Crippen molar-refractivity contribution in [3.63, 3.8) is 0 Å². The average Bonchev–Trinajstić information content (AvgIpc) is 2.49. The first-order valence-corrected chi connectivity index (χ1v) is 7.28. The summed E-state index contributed by atoms with van der Waals surface area (Å²) in [6.45, 7) is 5.05. The molecule has 1 saturated heterocycles. The van der Waals surface area contributed by atoms with Crippen molar-refractivity contribution >= 4 is 11.8 Å². The van der Waals surface area contributed by atoms with Crippen molar-refractivity contribution in [1.29, 1.82) is 0 Å². The first-order valence-electron chi connectivity index (χ1n) is 7.28. The van der Waals surface area contributed by atoms with E-state index < -0.39 is 6.04 Å². The second-order valence-electron chi connectivity index (χ2n) is 5.31. The van der Waals surface area contributed by atoms with E-state index in [-0.39, 0.29) is 18.4 Å². The van der Waals surface area contributed by atoms with Gasteiger partial charge in [-0.2, -0.15) is 0 Å². The second kappa shape index (κ2) is 6.61. The number of nitrogens with zero attached hydrogens (tertiary/aromatic N) is 2. The maximum Gasteiger partial charge on any atom is 0.245 e. The fraction of sp³-hybridized carbons (Fsp3) is 0.500. The SMILES string of the molecule is CCCN1CC(=O)N(Cc2cccc(OC)c2)[C@@H](C)C1=O. The molecule has 0 N–H and O–H groups in total. The van der Waals surface area contributed by atoms with E-state index in [0.717, 1.165) is 17.7 Å². The van der Waals surface area contributed by atoms with E-state index in [9.17, 15) is 9.59 Å². The lowest BCUT2D eigenvalue weighted by Gasteiger charge is -2.38. The third kappa shape index (κ3) is 3.35. The lowest BCUT2D eigenvalue weighted by atomic mass is 10.1. The normalized spacial score (nSPS) is 19.1. The fourth-order valence-corrected chi connectivity index (χ4v) is 2.60. The number of carbonyl (C=O) groups is 2. The van der Waals surface area contributed by atoms with E-state index in [2.05, 4.69) is 0 Å². The highest BCUT2D eigenvalue weighted by Crippen LogP contribution is 2.19. The summed E-state index contributed by atoms with van der Waals surface area (Å²) in [5.74, 6) is 0.779. The summed E-state index contributed by atoms with van der Waals surface area (Å²) in [6.07, 6.45) is 0.863. The van der Waals surface area contributed by atoms with Gasteiger partial charge in [0.25, 0.3) is 0 Å². The quantitative estimate of drug-likeness (QED) is 0.829. The summed E-state index contributed by atoms with van der Waals surface area (Å²) in [7, 11) is 1.61. The molecule has 0 saturated carbocycles. The van der Waals surface area contributed by atoms with Crippen molar-refractivity contribution in [3.05, 3.63) is 29.8 Å². The Labute approximate surface area is 125 Å². The minimum Gasteiger partial charge on any atom is -0.497 e. The molecule has 1 aromatic rings. The Morgan fingerprint density at radius 3 is 2.76 bits per heavy atom. The van der Waals surface area contributed by atoms with Crippen LogP contribution >= 0.6 is 0 Å². The van der Waals surface area contributed by atoms with Crippen molar-refractivity contribution in [1.82, 2.24) is 9.80 Å². The van der Waals surface area contributed by atoms with Crippen LogP contribution in [0.2, 0.25) is 0 Å². The number of amides is 2. The number of hydrogen-bond acceptors (Lipinski definition) is 3. The van der Waals surface area contributed by atoms with Crippen LogP contribution in [0.25, 0.3) is 0 Å². The minimum atomic E-state index is -0.413. The van der Waals surface area contributed by atoms with E-state index in [4.69, 9.17) is 4.74 Å². The standard InChI is InChI=1S/C16H22N2O3/c1-4-8-17-11-15(19)18(12(2)16(17)20)10-13-6-5-7-14(9-13)21-3/h5-7,9,12H,4,8,10-11H2,1-3H3/t12-/m0/s1. The molecular formula is C16H22N2O3. The molecule has 0 unspecified atom stereocenters. The Hall–Kier alpha value is -2.04. The molecule has 21 heavy (non-hydrogen) atoms. The molecule has 114 valence electrons. The lowest BCUT2D eigenvalue weighted by molar-refractivity contribution is -0.155. The van der Waals surface area contributed by atoms with Crippen LogP contribution in [-0.4, -0.2) is 47.9 Å². The Morgan fingerprint density at radius 1 is 1.33 bits per heavy atom. The molecule has 2 amide bonds. The molecule has 1 aromatic carbocycles. The first kappa shape index (κ1) is 15.4. The van der Waals surface area contributed by atoms with E-state index in [1.54, 1.807) is 23.8 Å². The van der Waals surface area contributed by atoms with Gasteiger partial charge in [-0.25, -0.2) is 0 Å². The largest absolute Gasteiger partial charge is 0.497 e. The molecule has 0 aliphatic carbocycles. The van der Waals surface area contributed by atoms with Crippen LogP contribution in [0.1, 0.15) is 25.8 Å². The molecule has 2 rings (SSSR count). The predicted octanol–water partition coefficient (Wildman–Crippen LogP) is 1.66. The molecule has 0 aromatic heterocycles. The van der Waals surface area contributed by atoms with Gasteiger partial charge >= 0.3 is 0 Å². The molecule has 1 atom stereocenters. The maximum atomic E-state index is 12.3. The van der Waals surface area contributed by atoms with Crippen LogP contribution in [0.5, 0.6) is 5.75 Å². The monoisotopic (exact) mass is 290 g/mol. The Balaban J connectivity index is 2.12. The zero-order valence-electron chi connectivity index (χ0n) is 12.8. The zero-order valence-corrected chi connectivity index (χ0v) is 12.8. The maximum absolute atomic E-state index is 12.3. The highest BCUT2D eigenvalue weighted by molar-refractivity contribution is 5.94. The third-order valence-corrected chi connectivity index (χ3v) is 3.76. The van der Waals surface area contributed by atoms with Gasteiger partial charge in [0.15, 0.2) is 0 Å². The second-order valence-corrected chi connectivity index (χ2v) is 5.31. The third-order valence-electron chi connectivity index (χ3n) is 3.76. The van der Waals surface area contributed by atoms with Crippen LogP contribution in [0.4, 0.5) is 0 Å². The smallest absolute Gasteiger partial charge is 0.245 e. The number of piperazine rings is 1. The Bertz CT molecular complexity index is 530. The van der Waals surface area contributed by atoms with Gasteiger partial charge in [0.1, 0.15) is 11.8 Å². The number of hydrogen-bond donors (Lipinski definition) is 0. The van der Waals surface area contributed by atoms with Crippen LogP contribution in [0, 0.1) is 0 Å². The average molecular weight is 290 g/mol. The highest BCUT2D eigenvalue weighted by Gasteiger charge is 2.35. The molecule has 1 aliphatic rings. The molecule has 1 heterocycles. The molecule has 0 spiro atoms. The zero-order chi connectivity index (χ0) is 15.4. The number of carbonyl (C=O) groups excluding carboxylic acids is 2. The van der Waals surface area contributed by atoms with Crippen LogP contribution in [0.3, 0.4) is 0 Å². The topological polar surface area (TPSA) is 49.9 Å². The molecule has 0 bridgehead atoms. The van der Waals surface area contributed by atoms with Gasteiger partial charge in [0.05, 0.1) is 13.7 Å². The van der Waals surface area contributed by atoms with E-state index >= 15 is 0 Å². The van der Waals surface area contributed by atoms with Crippen molar-refractivity contribution in [2.24, 2.45) is 0 Å². The molecule has 5 nitrogen and oxygen atoms in total. The van der Waals surface area contributed by atoms with E-state index in [1.807, 2.05) is 31.2 Å². The van der Waals surface area contributed by atoms with Crippen LogP contribution in [-0.2, 0) is 16.1 Å². The minimum absolute atomic E-state index is 0.00151. The predicted molar refractivity (Wildman–Crippen MR) is 79.9 cm³/mol. The van der Waals surface area contributed by atoms with Crippen molar-refractivity contribution < 1.29 is 14.3 Å². The summed E-state index contributed by atoms with van der Waals surface area (Å²) in [6, 6.07) is 7.16. The number of methoxy groups -OCH3 is 1. The van der Waals surface area contributed by atoms with E-state index in [1.165, 1.54) is 0 Å². The van der Waals surface area contributed by atoms with Crippen LogP contribution in [0.15, 0.2) is 24.3 Å². The van der Waals surface area contributed by atoms with E-state index in [0.29, 0.717) is 13.1 Å². The summed E-state index contributed by atoms with van der Waals surface area (Å²) >= 11 is 0. The molecule has 5 heteroatoms. The highest BCUT2D eigenvalue weighted by atomic mass is 16.5. The number of rotatable bonds is 5. The van der Waals surface area contributed by atoms with Crippen molar-refractivity contribution in [2.45, 2.75) is 32.9 Å². The van der Waals surface area contributed by atoms with Gasteiger partial charge in [-0.1, -0.05) is 19.1 Å². The Morgan fingerprint density at radius 2 is 2.10 bits per heavy atom. The van der Waals surface area contributed by atoms with Gasteiger partial charge in [0.2, 0.25) is 11.8 Å². The summed E-state index contributed by atoms with van der Waals surface area (Å²) in [5.41, 5.74) is 0.964. The molecule has 1 fully saturated rings. The molecular weight excluding hydrogens is 268 g/mol. The van der Waals surface area contributed by atoms with Crippen molar-refractivity contribution in [2.75, 3.05) is 20.2 Å². The number of ether oxygens (including phenoxy) is 1. The summed E-state index contributed by atoms with van der Waals surface area (Å²) < 4.78 is 5.19. The van der Waals surface area contributed by atoms with Gasteiger partial charge in [-0.05, 0) is 31.0 Å². The first-order chi connectivity index (χ1) is 10.1. The van der Waals surface area contributed by atoms with Crippen LogP contribution < -0.4 is 4.74 Å². The van der Waals surface area contributed by atoms with Gasteiger partial charge in [-0.3, -0.25) is 9.59 Å². The fourth-order valence-electron chi connectivity index (χ4n) is 2.60. The van der Waals surface area contributed by atoms with Crippen molar-refractivity contribution in [3.8, 4) is 5.75 Å². The Kier molecular flexibility index (Phi) is 4.83. The van der Waals surface area contributed by atoms with Gasteiger partial charge in [0, 0.05) is 13.1 Å². The van der Waals surface area contributed by atoms with Gasteiger partial charge in [-0.15, -0.1) is 0 Å². The summed E-state index contributed by atoms with van der Waals surface area (Å²) in [4.78, 5) is 27.9. The lowest BCUT2D eigenvalue weighted by Crippen LogP contribution is -2.58. The molecule has 0 radical (unpaired) electrons.